The van der Waals surface area contributed by atoms with Gasteiger partial charge in [-0.3, -0.25) is 4.79 Å². The van der Waals surface area contributed by atoms with Crippen LogP contribution >= 0.6 is 11.6 Å². The molecule has 6 heteroatoms. The maximum Gasteiger partial charge on any atom is 0.257 e. The number of anilines is 1. The second-order valence-electron chi connectivity index (χ2n) is 4.27. The van der Waals surface area contributed by atoms with E-state index in [9.17, 15) is 4.79 Å². The number of nitrogens with two attached hydrogens (primary N) is 1. The molecule has 0 atom stereocenters. The predicted molar refractivity (Wildman–Crippen MR) is 72.9 cm³/mol. The van der Waals surface area contributed by atoms with Crippen LogP contribution in [0.5, 0.6) is 0 Å². The van der Waals surface area contributed by atoms with Gasteiger partial charge in [-0.2, -0.15) is 0 Å². The number of hydrogen-bond acceptors (Lipinski definition) is 4. The van der Waals surface area contributed by atoms with Crippen LogP contribution in [-0.2, 0) is 6.54 Å². The highest BCUT2D eigenvalue weighted by Crippen LogP contribution is 2.19. The first-order chi connectivity index (χ1) is 8.99. The van der Waals surface area contributed by atoms with Gasteiger partial charge in [0, 0.05) is 19.2 Å². The van der Waals surface area contributed by atoms with Gasteiger partial charge in [0.05, 0.1) is 23.7 Å². The summed E-state index contributed by atoms with van der Waals surface area (Å²) in [6.07, 6.45) is 3.01. The summed E-state index contributed by atoms with van der Waals surface area (Å²) in [4.78, 5) is 17.7. The molecule has 0 aliphatic carbocycles. The Morgan fingerprint density at radius 3 is 2.95 bits per heavy atom. The van der Waals surface area contributed by atoms with Crippen LogP contribution < -0.4 is 5.73 Å². The molecule has 1 amide bonds. The van der Waals surface area contributed by atoms with Crippen molar-refractivity contribution < 1.29 is 9.21 Å². The van der Waals surface area contributed by atoms with Gasteiger partial charge < -0.3 is 15.1 Å². The number of halogens is 1. The molecule has 0 saturated heterocycles. The van der Waals surface area contributed by atoms with Crippen molar-refractivity contribution in [3.8, 4) is 0 Å². The van der Waals surface area contributed by atoms with Gasteiger partial charge in [-0.25, -0.2) is 4.98 Å². The highest BCUT2D eigenvalue weighted by atomic mass is 35.5. The van der Waals surface area contributed by atoms with Crippen molar-refractivity contribution in [1.82, 2.24) is 9.88 Å². The van der Waals surface area contributed by atoms with Gasteiger partial charge in [0.1, 0.15) is 10.9 Å². The van der Waals surface area contributed by atoms with Gasteiger partial charge >= 0.3 is 0 Å². The van der Waals surface area contributed by atoms with E-state index in [4.69, 9.17) is 21.8 Å². The summed E-state index contributed by atoms with van der Waals surface area (Å²) in [7, 11) is 1.69. The SMILES string of the molecule is Cc1occc1CN(C)C(=O)c1cc(N)cnc1Cl. The molecule has 2 aromatic rings. The molecule has 0 fully saturated rings. The summed E-state index contributed by atoms with van der Waals surface area (Å²) in [5.74, 6) is 0.557. The molecule has 2 aromatic heterocycles. The smallest absolute Gasteiger partial charge is 0.257 e. The second kappa shape index (κ2) is 5.32. The molecule has 5 nitrogen and oxygen atoms in total. The Bertz CT molecular complexity index is 610. The largest absolute Gasteiger partial charge is 0.469 e. The zero-order valence-electron chi connectivity index (χ0n) is 10.7. The molecule has 0 spiro atoms. The van der Waals surface area contributed by atoms with E-state index in [1.807, 2.05) is 13.0 Å². The number of aromatic nitrogens is 1. The van der Waals surface area contributed by atoms with E-state index in [0.29, 0.717) is 17.8 Å². The lowest BCUT2D eigenvalue weighted by Gasteiger charge is -2.17. The Labute approximate surface area is 116 Å². The molecular formula is C13H14ClN3O2. The summed E-state index contributed by atoms with van der Waals surface area (Å²) in [6.45, 7) is 2.29. The lowest BCUT2D eigenvalue weighted by atomic mass is 10.2. The molecule has 100 valence electrons. The Balaban J connectivity index is 2.19. The molecule has 2 heterocycles. The van der Waals surface area contributed by atoms with Crippen LogP contribution in [0.1, 0.15) is 21.7 Å². The molecule has 0 aromatic carbocycles. The molecule has 2 N–H and O–H groups in total. The van der Waals surface area contributed by atoms with Crippen LogP contribution in [-0.4, -0.2) is 22.8 Å². The first-order valence-corrected chi connectivity index (χ1v) is 6.06. The maximum atomic E-state index is 12.3. The van der Waals surface area contributed by atoms with Crippen LogP contribution in [0.25, 0.3) is 0 Å². The zero-order valence-corrected chi connectivity index (χ0v) is 11.4. The highest BCUT2D eigenvalue weighted by Gasteiger charge is 2.17. The standard InChI is InChI=1S/C13H14ClN3O2/c1-8-9(3-4-19-8)7-17(2)13(18)11-5-10(15)6-16-12(11)14/h3-6H,7,15H2,1-2H3. The minimum absolute atomic E-state index is 0.148. The van der Waals surface area contributed by atoms with Crippen LogP contribution in [0.15, 0.2) is 29.0 Å². The van der Waals surface area contributed by atoms with E-state index in [0.717, 1.165) is 11.3 Å². The van der Waals surface area contributed by atoms with E-state index in [1.54, 1.807) is 18.2 Å². The third-order valence-corrected chi connectivity index (χ3v) is 3.11. The van der Waals surface area contributed by atoms with Crippen LogP contribution in [0.2, 0.25) is 5.15 Å². The molecular weight excluding hydrogens is 266 g/mol. The van der Waals surface area contributed by atoms with E-state index < -0.39 is 0 Å². The van der Waals surface area contributed by atoms with Crippen molar-refractivity contribution in [2.75, 3.05) is 12.8 Å². The van der Waals surface area contributed by atoms with Gasteiger partial charge in [0.15, 0.2) is 0 Å². The Morgan fingerprint density at radius 1 is 1.58 bits per heavy atom. The summed E-state index contributed by atoms with van der Waals surface area (Å²) in [5, 5.41) is 0.148. The van der Waals surface area contributed by atoms with Crippen molar-refractivity contribution in [2.24, 2.45) is 0 Å². The van der Waals surface area contributed by atoms with Crippen LogP contribution in [0.4, 0.5) is 5.69 Å². The van der Waals surface area contributed by atoms with Crippen LogP contribution in [0, 0.1) is 6.92 Å². The van der Waals surface area contributed by atoms with Gasteiger partial charge in [-0.1, -0.05) is 11.6 Å². The maximum absolute atomic E-state index is 12.3. The normalized spacial score (nSPS) is 10.5. The predicted octanol–water partition coefficient (Wildman–Crippen LogP) is 2.49. The quantitative estimate of drug-likeness (QED) is 0.876. The molecule has 0 aliphatic heterocycles. The number of furan rings is 1. The monoisotopic (exact) mass is 279 g/mol. The molecule has 0 unspecified atom stereocenters. The first kappa shape index (κ1) is 13.4. The number of carbonyl (C=O) groups excluding carboxylic acids is 1. The summed E-state index contributed by atoms with van der Waals surface area (Å²) >= 11 is 5.92. The summed E-state index contributed by atoms with van der Waals surface area (Å²) in [5.41, 5.74) is 7.27. The van der Waals surface area contributed by atoms with Gasteiger partial charge in [0.25, 0.3) is 5.91 Å². The Morgan fingerprint density at radius 2 is 2.32 bits per heavy atom. The number of amides is 1. The molecule has 0 aliphatic rings. The molecule has 19 heavy (non-hydrogen) atoms. The van der Waals surface area contributed by atoms with E-state index in [-0.39, 0.29) is 11.1 Å². The molecule has 0 bridgehead atoms. The minimum atomic E-state index is -0.231. The fourth-order valence-electron chi connectivity index (χ4n) is 1.72. The van der Waals surface area contributed by atoms with Crippen molar-refractivity contribution in [3.05, 3.63) is 46.6 Å². The number of hydrogen-bond donors (Lipinski definition) is 1. The molecule has 2 rings (SSSR count). The van der Waals surface area contributed by atoms with Crippen LogP contribution in [0.3, 0.4) is 0 Å². The second-order valence-corrected chi connectivity index (χ2v) is 4.63. The topological polar surface area (TPSA) is 72.4 Å². The number of aryl methyl sites for hydroxylation is 1. The van der Waals surface area contributed by atoms with Gasteiger partial charge in [0.2, 0.25) is 0 Å². The zero-order chi connectivity index (χ0) is 14.0. The lowest BCUT2D eigenvalue weighted by molar-refractivity contribution is 0.0784. The van der Waals surface area contributed by atoms with Gasteiger partial charge in [-0.05, 0) is 19.1 Å². The third kappa shape index (κ3) is 2.88. The average molecular weight is 280 g/mol. The van der Waals surface area contributed by atoms with Crippen molar-refractivity contribution in [3.63, 3.8) is 0 Å². The molecule has 0 saturated carbocycles. The fourth-order valence-corrected chi connectivity index (χ4v) is 1.91. The van der Waals surface area contributed by atoms with E-state index in [2.05, 4.69) is 4.98 Å². The fraction of sp³-hybridized carbons (Fsp3) is 0.231. The highest BCUT2D eigenvalue weighted by molar-refractivity contribution is 6.32. The summed E-state index contributed by atoms with van der Waals surface area (Å²) in [6, 6.07) is 3.36. The van der Waals surface area contributed by atoms with E-state index >= 15 is 0 Å². The number of rotatable bonds is 3. The number of nitrogen functional groups attached to an aromatic ring is 1. The Kier molecular flexibility index (Phi) is 3.76. The van der Waals surface area contributed by atoms with E-state index in [1.165, 1.54) is 12.3 Å². The number of carbonyl (C=O) groups is 1. The summed E-state index contributed by atoms with van der Waals surface area (Å²) < 4.78 is 5.20. The van der Waals surface area contributed by atoms with Crippen molar-refractivity contribution in [2.45, 2.75) is 13.5 Å². The lowest BCUT2D eigenvalue weighted by Crippen LogP contribution is -2.26. The average Bonchev–Trinajstić information content (AvgIpc) is 2.77. The van der Waals surface area contributed by atoms with Crippen molar-refractivity contribution in [1.29, 1.82) is 0 Å². The number of nitrogens with zero attached hydrogens (tertiary/aromatic N) is 2. The third-order valence-electron chi connectivity index (χ3n) is 2.81. The van der Waals surface area contributed by atoms with Gasteiger partial charge in [-0.15, -0.1) is 0 Å². The number of pyridine rings is 1. The first-order valence-electron chi connectivity index (χ1n) is 5.68. The minimum Gasteiger partial charge on any atom is -0.469 e. The Hall–Kier alpha value is -2.01. The molecule has 0 radical (unpaired) electrons. The van der Waals surface area contributed by atoms with Crippen molar-refractivity contribution >= 4 is 23.2 Å².